The molecule has 0 saturated heterocycles. The number of para-hydroxylation sites is 1. The molecular formula is C21H19F3N4OS. The normalized spacial score (nSPS) is 12.1. The Labute approximate surface area is 174 Å². The number of benzene rings is 2. The second-order valence-electron chi connectivity index (χ2n) is 6.89. The number of hydrogen-bond acceptors (Lipinski definition) is 4. The zero-order valence-electron chi connectivity index (χ0n) is 16.2. The first-order valence-corrected chi connectivity index (χ1v) is 10.5. The molecule has 5 nitrogen and oxygen atoms in total. The molecule has 0 aliphatic rings. The van der Waals surface area contributed by atoms with Crippen molar-refractivity contribution < 1.29 is 13.2 Å². The molecule has 0 amide bonds. The Balaban J connectivity index is 1.80. The summed E-state index contributed by atoms with van der Waals surface area (Å²) in [6.45, 7) is 2.54. The van der Waals surface area contributed by atoms with E-state index < -0.39 is 11.7 Å². The second-order valence-corrected chi connectivity index (χ2v) is 7.83. The van der Waals surface area contributed by atoms with E-state index in [9.17, 15) is 18.0 Å². The molecule has 0 spiro atoms. The maximum atomic E-state index is 13.3. The van der Waals surface area contributed by atoms with Crippen molar-refractivity contribution >= 4 is 28.4 Å². The Bertz CT molecular complexity index is 1260. The van der Waals surface area contributed by atoms with Crippen molar-refractivity contribution in [2.24, 2.45) is 0 Å². The maximum absolute atomic E-state index is 13.3. The molecule has 156 valence electrons. The van der Waals surface area contributed by atoms with Crippen molar-refractivity contribution in [2.45, 2.75) is 43.4 Å². The van der Waals surface area contributed by atoms with Crippen molar-refractivity contribution in [3.63, 3.8) is 0 Å². The predicted octanol–water partition coefficient (Wildman–Crippen LogP) is 5.16. The highest BCUT2D eigenvalue weighted by atomic mass is 32.2. The van der Waals surface area contributed by atoms with Crippen LogP contribution in [0, 0.1) is 0 Å². The lowest BCUT2D eigenvalue weighted by Crippen LogP contribution is -2.23. The van der Waals surface area contributed by atoms with E-state index in [0.717, 1.165) is 18.9 Å². The van der Waals surface area contributed by atoms with Crippen molar-refractivity contribution in [3.8, 4) is 0 Å². The lowest BCUT2D eigenvalue weighted by molar-refractivity contribution is -0.138. The average molecular weight is 432 g/mol. The quantitative estimate of drug-likeness (QED) is 0.395. The number of thioether (sulfide) groups is 1. The van der Waals surface area contributed by atoms with Gasteiger partial charge in [0.25, 0.3) is 5.56 Å². The van der Waals surface area contributed by atoms with Crippen molar-refractivity contribution in [3.05, 3.63) is 70.0 Å². The minimum absolute atomic E-state index is 0.0822. The summed E-state index contributed by atoms with van der Waals surface area (Å²) in [5, 5.41) is 9.37. The van der Waals surface area contributed by atoms with Gasteiger partial charge in [-0.2, -0.15) is 13.2 Å². The standard InChI is InChI=1S/C21H19F3N4OS/c1-2-3-12-27-18(29)15-9-5-7-11-17(15)28-19(27)25-26-20(28)30-13-14-8-4-6-10-16(14)21(22,23)24/h4-11H,2-3,12-13H2,1H3. The van der Waals surface area contributed by atoms with Crippen LogP contribution in [0.1, 0.15) is 30.9 Å². The summed E-state index contributed by atoms with van der Waals surface area (Å²) in [4.78, 5) is 12.9. The summed E-state index contributed by atoms with van der Waals surface area (Å²) >= 11 is 1.17. The molecular weight excluding hydrogens is 413 g/mol. The first-order valence-electron chi connectivity index (χ1n) is 9.56. The Morgan fingerprint density at radius 2 is 1.77 bits per heavy atom. The van der Waals surface area contributed by atoms with Gasteiger partial charge in [-0.3, -0.25) is 13.8 Å². The van der Waals surface area contributed by atoms with Gasteiger partial charge in [0.05, 0.1) is 16.5 Å². The third-order valence-electron chi connectivity index (χ3n) is 4.89. The van der Waals surface area contributed by atoms with Crippen LogP contribution in [0.25, 0.3) is 16.7 Å². The lowest BCUT2D eigenvalue weighted by atomic mass is 10.1. The monoisotopic (exact) mass is 432 g/mol. The SMILES string of the molecule is CCCCn1c(=O)c2ccccc2n2c(SCc3ccccc3C(F)(F)F)nnc12. The summed E-state index contributed by atoms with van der Waals surface area (Å²) in [5.74, 6) is 0.484. The molecule has 9 heteroatoms. The predicted molar refractivity (Wildman–Crippen MR) is 111 cm³/mol. The van der Waals surface area contributed by atoms with E-state index in [1.807, 2.05) is 13.0 Å². The Morgan fingerprint density at radius 1 is 1.03 bits per heavy atom. The van der Waals surface area contributed by atoms with Crippen LogP contribution in [-0.2, 0) is 18.5 Å². The van der Waals surface area contributed by atoms with Crippen LogP contribution in [0.15, 0.2) is 58.5 Å². The van der Waals surface area contributed by atoms with Gasteiger partial charge in [-0.15, -0.1) is 10.2 Å². The van der Waals surface area contributed by atoms with Gasteiger partial charge in [0.2, 0.25) is 5.78 Å². The van der Waals surface area contributed by atoms with E-state index in [0.29, 0.717) is 28.4 Å². The number of alkyl halides is 3. The van der Waals surface area contributed by atoms with Gasteiger partial charge in [0, 0.05) is 12.3 Å². The highest BCUT2D eigenvalue weighted by molar-refractivity contribution is 7.98. The van der Waals surface area contributed by atoms with Crippen molar-refractivity contribution in [2.75, 3.05) is 0 Å². The van der Waals surface area contributed by atoms with E-state index in [1.54, 1.807) is 33.2 Å². The first kappa shape index (κ1) is 20.5. The Morgan fingerprint density at radius 3 is 2.53 bits per heavy atom. The largest absolute Gasteiger partial charge is 0.416 e. The second kappa shape index (κ2) is 8.14. The van der Waals surface area contributed by atoms with Gasteiger partial charge < -0.3 is 0 Å². The molecule has 2 aromatic heterocycles. The summed E-state index contributed by atoms with van der Waals surface area (Å²) in [6, 6.07) is 12.7. The summed E-state index contributed by atoms with van der Waals surface area (Å²) in [6.07, 6.45) is -2.70. The molecule has 0 aliphatic carbocycles. The van der Waals surface area contributed by atoms with E-state index in [2.05, 4.69) is 10.2 Å². The fourth-order valence-corrected chi connectivity index (χ4v) is 4.35. The minimum Gasteiger partial charge on any atom is -0.276 e. The van der Waals surface area contributed by atoms with Crippen LogP contribution >= 0.6 is 11.8 Å². The number of hydrogen-bond donors (Lipinski definition) is 0. The van der Waals surface area contributed by atoms with Gasteiger partial charge in [-0.05, 0) is 30.2 Å². The molecule has 4 rings (SSSR count). The zero-order valence-corrected chi connectivity index (χ0v) is 17.0. The van der Waals surface area contributed by atoms with E-state index in [4.69, 9.17) is 0 Å². The minimum atomic E-state index is -4.42. The Kier molecular flexibility index (Phi) is 5.55. The van der Waals surface area contributed by atoms with Crippen molar-refractivity contribution in [1.29, 1.82) is 0 Å². The van der Waals surface area contributed by atoms with Crippen LogP contribution in [0.4, 0.5) is 13.2 Å². The molecule has 0 unspecified atom stereocenters. The number of nitrogens with zero attached hydrogens (tertiary/aromatic N) is 4. The number of unbranched alkanes of at least 4 members (excludes halogenated alkanes) is 1. The highest BCUT2D eigenvalue weighted by Crippen LogP contribution is 2.34. The third kappa shape index (κ3) is 3.69. The molecule has 0 N–H and O–H groups in total. The van der Waals surface area contributed by atoms with Crippen LogP contribution < -0.4 is 5.56 Å². The summed E-state index contributed by atoms with van der Waals surface area (Å²) < 4.78 is 43.3. The van der Waals surface area contributed by atoms with Gasteiger partial charge >= 0.3 is 6.18 Å². The molecule has 0 fully saturated rings. The van der Waals surface area contributed by atoms with Crippen LogP contribution in [0.5, 0.6) is 0 Å². The van der Waals surface area contributed by atoms with Crippen LogP contribution in [0.3, 0.4) is 0 Å². The van der Waals surface area contributed by atoms with Gasteiger partial charge in [-0.1, -0.05) is 55.4 Å². The molecule has 0 bridgehead atoms. The first-order chi connectivity index (χ1) is 14.4. The Hall–Kier alpha value is -2.81. The van der Waals surface area contributed by atoms with Crippen LogP contribution in [0.2, 0.25) is 0 Å². The number of rotatable bonds is 6. The third-order valence-corrected chi connectivity index (χ3v) is 5.87. The molecule has 30 heavy (non-hydrogen) atoms. The number of aryl methyl sites for hydroxylation is 1. The van der Waals surface area contributed by atoms with E-state index in [-0.39, 0.29) is 16.9 Å². The fourth-order valence-electron chi connectivity index (χ4n) is 3.41. The molecule has 4 aromatic rings. The van der Waals surface area contributed by atoms with E-state index in [1.165, 1.54) is 23.9 Å². The highest BCUT2D eigenvalue weighted by Gasteiger charge is 2.33. The topological polar surface area (TPSA) is 52.2 Å². The summed E-state index contributed by atoms with van der Waals surface area (Å²) in [5.41, 5.74) is 0.0196. The van der Waals surface area contributed by atoms with E-state index >= 15 is 0 Å². The molecule has 2 heterocycles. The van der Waals surface area contributed by atoms with Gasteiger partial charge in [0.1, 0.15) is 0 Å². The maximum Gasteiger partial charge on any atom is 0.416 e. The molecule has 0 atom stereocenters. The summed E-state index contributed by atoms with van der Waals surface area (Å²) in [7, 11) is 0. The van der Waals surface area contributed by atoms with Crippen LogP contribution in [-0.4, -0.2) is 19.2 Å². The molecule has 0 aliphatic heterocycles. The molecule has 0 radical (unpaired) electrons. The fraction of sp³-hybridized carbons (Fsp3) is 0.286. The number of aromatic nitrogens is 4. The number of halogens is 3. The smallest absolute Gasteiger partial charge is 0.276 e. The van der Waals surface area contributed by atoms with Gasteiger partial charge in [0.15, 0.2) is 5.16 Å². The van der Waals surface area contributed by atoms with Crippen molar-refractivity contribution in [1.82, 2.24) is 19.2 Å². The van der Waals surface area contributed by atoms with Gasteiger partial charge in [-0.25, -0.2) is 0 Å². The zero-order chi connectivity index (χ0) is 21.3. The molecule has 2 aromatic carbocycles. The average Bonchev–Trinajstić information content (AvgIpc) is 3.16. The molecule has 0 saturated carbocycles. The lowest BCUT2D eigenvalue weighted by Gasteiger charge is -2.13. The number of fused-ring (bicyclic) bond motifs is 3.